The van der Waals surface area contributed by atoms with Gasteiger partial charge in [-0.2, -0.15) is 0 Å². The summed E-state index contributed by atoms with van der Waals surface area (Å²) >= 11 is 5.90. The van der Waals surface area contributed by atoms with Gasteiger partial charge >= 0.3 is 6.03 Å². The number of aryl methyl sites for hydroxylation is 1. The number of hydrogen-bond donors (Lipinski definition) is 3. The fourth-order valence-corrected chi connectivity index (χ4v) is 2.72. The van der Waals surface area contributed by atoms with Crippen LogP contribution >= 0.6 is 11.6 Å². The van der Waals surface area contributed by atoms with Crippen LogP contribution in [0, 0.1) is 0 Å². The molecular formula is C18H19ClN4O2. The fraction of sp³-hybridized carbons (Fsp3) is 0.222. The Kier molecular flexibility index (Phi) is 5.40. The third-order valence-corrected chi connectivity index (χ3v) is 4.03. The van der Waals surface area contributed by atoms with Gasteiger partial charge in [-0.3, -0.25) is 0 Å². The van der Waals surface area contributed by atoms with Crippen LogP contribution in [0.4, 0.5) is 16.2 Å². The molecule has 1 unspecified atom stereocenters. The molecule has 0 saturated carbocycles. The Morgan fingerprint density at radius 1 is 1.20 bits per heavy atom. The van der Waals surface area contributed by atoms with E-state index in [4.69, 9.17) is 22.1 Å². The van der Waals surface area contributed by atoms with Crippen LogP contribution in [0.2, 0.25) is 5.02 Å². The van der Waals surface area contributed by atoms with E-state index in [-0.39, 0.29) is 18.1 Å². The summed E-state index contributed by atoms with van der Waals surface area (Å²) in [7, 11) is 0. The Morgan fingerprint density at radius 3 is 2.64 bits per heavy atom. The quantitative estimate of drug-likeness (QED) is 0.762. The zero-order valence-corrected chi connectivity index (χ0v) is 14.3. The monoisotopic (exact) mass is 358 g/mol. The number of rotatable bonds is 5. The molecule has 1 heterocycles. The number of ether oxygens (including phenoxy) is 1. The molecule has 0 spiro atoms. The number of urea groups is 1. The molecule has 25 heavy (non-hydrogen) atoms. The number of benzene rings is 2. The van der Waals surface area contributed by atoms with Gasteiger partial charge in [0.05, 0.1) is 6.04 Å². The number of amides is 2. The Labute approximate surface area is 151 Å². The van der Waals surface area contributed by atoms with Gasteiger partial charge in [-0.1, -0.05) is 29.8 Å². The van der Waals surface area contributed by atoms with E-state index in [1.807, 2.05) is 24.3 Å². The molecule has 1 aliphatic rings. The predicted molar refractivity (Wildman–Crippen MR) is 100 cm³/mol. The minimum atomic E-state index is -0.317. The maximum absolute atomic E-state index is 12.0. The molecule has 130 valence electrons. The molecule has 0 radical (unpaired) electrons. The third-order valence-electron chi connectivity index (χ3n) is 3.79. The van der Waals surface area contributed by atoms with Gasteiger partial charge in [-0.25, -0.2) is 9.79 Å². The van der Waals surface area contributed by atoms with Gasteiger partial charge in [0.2, 0.25) is 0 Å². The number of nitrogens with zero attached hydrogens (tertiary/aromatic N) is 1. The Hall–Kier alpha value is -2.73. The topological polar surface area (TPSA) is 88.7 Å². The van der Waals surface area contributed by atoms with Crippen molar-refractivity contribution in [1.29, 1.82) is 0 Å². The largest absolute Gasteiger partial charge is 0.463 e. The molecule has 0 saturated heterocycles. The van der Waals surface area contributed by atoms with E-state index < -0.39 is 0 Å². The van der Waals surface area contributed by atoms with Crippen molar-refractivity contribution >= 4 is 35.0 Å². The molecule has 4 N–H and O–H groups in total. The highest BCUT2D eigenvalue weighted by molar-refractivity contribution is 6.30. The number of halogens is 1. The van der Waals surface area contributed by atoms with Crippen molar-refractivity contribution in [2.24, 2.45) is 10.7 Å². The summed E-state index contributed by atoms with van der Waals surface area (Å²) in [6.45, 7) is 0.551. The van der Waals surface area contributed by atoms with Crippen LogP contribution in [-0.4, -0.2) is 24.7 Å². The lowest BCUT2D eigenvalue weighted by atomic mass is 10.1. The van der Waals surface area contributed by atoms with Gasteiger partial charge in [-0.15, -0.1) is 0 Å². The first-order valence-electron chi connectivity index (χ1n) is 7.97. The maximum Gasteiger partial charge on any atom is 0.323 e. The summed E-state index contributed by atoms with van der Waals surface area (Å²) < 4.78 is 5.14. The van der Waals surface area contributed by atoms with E-state index in [2.05, 4.69) is 15.6 Å². The minimum absolute atomic E-state index is 0.126. The second kappa shape index (κ2) is 7.90. The predicted octanol–water partition coefficient (Wildman–Crippen LogP) is 3.63. The molecule has 3 rings (SSSR count). The SMILES string of the molecule is NC1=NC(CCc2ccc(NC(=O)Nc3cccc(Cl)c3)cc2)CO1. The maximum atomic E-state index is 12.0. The van der Waals surface area contributed by atoms with Gasteiger partial charge in [0, 0.05) is 16.4 Å². The summed E-state index contributed by atoms with van der Waals surface area (Å²) in [5.41, 5.74) is 8.02. The van der Waals surface area contributed by atoms with E-state index in [1.165, 1.54) is 5.56 Å². The van der Waals surface area contributed by atoms with E-state index in [9.17, 15) is 4.79 Å². The number of carbonyl (C=O) groups excluding carboxylic acids is 1. The van der Waals surface area contributed by atoms with Crippen LogP contribution in [0.25, 0.3) is 0 Å². The standard InChI is InChI=1S/C18H19ClN4O2/c19-13-2-1-3-15(10-13)23-18(24)22-14-7-4-12(5-8-14)6-9-16-11-25-17(20)21-16/h1-5,7-8,10,16H,6,9,11H2,(H2,20,21)(H2,22,23,24). The molecule has 0 fully saturated rings. The van der Waals surface area contributed by atoms with Crippen LogP contribution < -0.4 is 16.4 Å². The lowest BCUT2D eigenvalue weighted by Crippen LogP contribution is -2.19. The molecule has 2 amide bonds. The number of anilines is 2. The molecule has 0 aliphatic carbocycles. The van der Waals surface area contributed by atoms with E-state index in [0.717, 1.165) is 18.5 Å². The summed E-state index contributed by atoms with van der Waals surface area (Å²) in [5, 5.41) is 6.10. The number of amidine groups is 1. The average Bonchev–Trinajstić information content (AvgIpc) is 2.99. The summed E-state index contributed by atoms with van der Waals surface area (Å²) in [6.07, 6.45) is 1.75. The number of hydrogen-bond acceptors (Lipinski definition) is 4. The van der Waals surface area contributed by atoms with Gasteiger partial charge in [0.25, 0.3) is 6.02 Å². The number of nitrogens with one attached hydrogen (secondary N) is 2. The van der Waals surface area contributed by atoms with Crippen LogP contribution in [0.1, 0.15) is 12.0 Å². The number of aliphatic imine (C=N–C) groups is 1. The molecule has 7 heteroatoms. The minimum Gasteiger partial charge on any atom is -0.463 e. The van der Waals surface area contributed by atoms with Crippen molar-refractivity contribution in [3.63, 3.8) is 0 Å². The molecule has 1 atom stereocenters. The Bertz CT molecular complexity index is 777. The highest BCUT2D eigenvalue weighted by atomic mass is 35.5. The van der Waals surface area contributed by atoms with E-state index in [1.54, 1.807) is 24.3 Å². The van der Waals surface area contributed by atoms with Crippen molar-refractivity contribution in [3.05, 3.63) is 59.1 Å². The number of nitrogens with two attached hydrogens (primary N) is 1. The van der Waals surface area contributed by atoms with Crippen LogP contribution in [0.15, 0.2) is 53.5 Å². The van der Waals surface area contributed by atoms with Gasteiger partial charge in [0.1, 0.15) is 6.61 Å². The van der Waals surface area contributed by atoms with Crippen molar-refractivity contribution in [2.45, 2.75) is 18.9 Å². The lowest BCUT2D eigenvalue weighted by Gasteiger charge is -2.09. The van der Waals surface area contributed by atoms with Crippen molar-refractivity contribution in [2.75, 3.05) is 17.2 Å². The fourth-order valence-electron chi connectivity index (χ4n) is 2.53. The summed E-state index contributed by atoms with van der Waals surface area (Å²) in [4.78, 5) is 16.2. The lowest BCUT2D eigenvalue weighted by molar-refractivity contribution is 0.262. The summed E-state index contributed by atoms with van der Waals surface area (Å²) in [6, 6.07) is 14.8. The molecule has 0 bridgehead atoms. The van der Waals surface area contributed by atoms with Crippen molar-refractivity contribution < 1.29 is 9.53 Å². The molecule has 2 aromatic rings. The van der Waals surface area contributed by atoms with Gasteiger partial charge in [-0.05, 0) is 48.7 Å². The number of carbonyl (C=O) groups is 1. The van der Waals surface area contributed by atoms with E-state index in [0.29, 0.717) is 17.3 Å². The van der Waals surface area contributed by atoms with E-state index >= 15 is 0 Å². The van der Waals surface area contributed by atoms with Crippen LogP contribution in [0.3, 0.4) is 0 Å². The highest BCUT2D eigenvalue weighted by Crippen LogP contribution is 2.17. The third kappa shape index (κ3) is 5.12. The Morgan fingerprint density at radius 2 is 1.96 bits per heavy atom. The average molecular weight is 359 g/mol. The van der Waals surface area contributed by atoms with Gasteiger partial charge in [0.15, 0.2) is 0 Å². The zero-order valence-electron chi connectivity index (χ0n) is 13.5. The second-order valence-corrected chi connectivity index (χ2v) is 6.19. The second-order valence-electron chi connectivity index (χ2n) is 5.76. The molecular weight excluding hydrogens is 340 g/mol. The zero-order chi connectivity index (χ0) is 17.6. The Balaban J connectivity index is 1.49. The smallest absolute Gasteiger partial charge is 0.323 e. The van der Waals surface area contributed by atoms with Gasteiger partial charge < -0.3 is 21.1 Å². The van der Waals surface area contributed by atoms with Crippen molar-refractivity contribution in [1.82, 2.24) is 0 Å². The molecule has 0 aromatic heterocycles. The first-order valence-corrected chi connectivity index (χ1v) is 8.35. The van der Waals surface area contributed by atoms with Crippen molar-refractivity contribution in [3.8, 4) is 0 Å². The first-order chi connectivity index (χ1) is 12.1. The first kappa shape index (κ1) is 17.1. The normalized spacial score (nSPS) is 16.0. The highest BCUT2D eigenvalue weighted by Gasteiger charge is 2.16. The molecule has 6 nitrogen and oxygen atoms in total. The van der Waals surface area contributed by atoms with Crippen LogP contribution in [0.5, 0.6) is 0 Å². The molecule has 2 aromatic carbocycles. The molecule has 1 aliphatic heterocycles. The summed E-state index contributed by atoms with van der Waals surface area (Å²) in [5.74, 6) is 0. The van der Waals surface area contributed by atoms with Crippen LogP contribution in [-0.2, 0) is 11.2 Å².